The number of carbonyl (C=O) groups is 1. The van der Waals surface area contributed by atoms with Crippen LogP contribution >= 0.6 is 0 Å². The number of ether oxygens (including phenoxy) is 2. The molecule has 0 bridgehead atoms. The molecule has 0 radical (unpaired) electrons. The SMILES string of the molecule is CC(N)C(=O)O[C@@H](C)[C@H](OCC1CC1)C1CCCC1. The minimum absolute atomic E-state index is 0.0470. The van der Waals surface area contributed by atoms with E-state index in [0.29, 0.717) is 5.92 Å². The van der Waals surface area contributed by atoms with Gasteiger partial charge in [-0.25, -0.2) is 0 Å². The van der Waals surface area contributed by atoms with E-state index in [-0.39, 0.29) is 18.2 Å². The predicted molar refractivity (Wildman–Crippen MR) is 73.6 cm³/mol. The molecule has 2 aliphatic carbocycles. The Morgan fingerprint density at radius 2 is 1.84 bits per heavy atom. The predicted octanol–water partition coefficient (Wildman–Crippen LogP) is 2.25. The minimum atomic E-state index is -0.560. The molecule has 3 atom stereocenters. The molecule has 0 heterocycles. The molecule has 2 aliphatic rings. The van der Waals surface area contributed by atoms with Gasteiger partial charge in [-0.1, -0.05) is 12.8 Å². The van der Waals surface area contributed by atoms with E-state index in [2.05, 4.69) is 0 Å². The fourth-order valence-corrected chi connectivity index (χ4v) is 2.83. The molecule has 0 spiro atoms. The second-order valence-electron chi connectivity index (χ2n) is 6.22. The van der Waals surface area contributed by atoms with Gasteiger partial charge in [0.2, 0.25) is 0 Å². The molecular formula is C15H27NO3. The summed E-state index contributed by atoms with van der Waals surface area (Å²) in [4.78, 5) is 11.6. The molecule has 4 nitrogen and oxygen atoms in total. The summed E-state index contributed by atoms with van der Waals surface area (Å²) >= 11 is 0. The number of rotatable bonds is 7. The van der Waals surface area contributed by atoms with Gasteiger partial charge in [-0.15, -0.1) is 0 Å². The fourth-order valence-electron chi connectivity index (χ4n) is 2.83. The van der Waals surface area contributed by atoms with E-state index >= 15 is 0 Å². The molecule has 19 heavy (non-hydrogen) atoms. The molecule has 2 fully saturated rings. The average Bonchev–Trinajstić information content (AvgIpc) is 3.03. The lowest BCUT2D eigenvalue weighted by Crippen LogP contribution is -2.40. The van der Waals surface area contributed by atoms with Crippen LogP contribution in [0.2, 0.25) is 0 Å². The van der Waals surface area contributed by atoms with Crippen molar-refractivity contribution in [2.45, 2.75) is 70.6 Å². The van der Waals surface area contributed by atoms with E-state index in [9.17, 15) is 4.79 Å². The molecular weight excluding hydrogens is 242 g/mol. The second kappa shape index (κ2) is 6.71. The number of carbonyl (C=O) groups excluding carboxylic acids is 1. The van der Waals surface area contributed by atoms with Crippen molar-refractivity contribution in [1.29, 1.82) is 0 Å². The molecule has 0 aromatic rings. The summed E-state index contributed by atoms with van der Waals surface area (Å²) in [7, 11) is 0. The van der Waals surface area contributed by atoms with E-state index in [0.717, 1.165) is 12.5 Å². The molecule has 0 saturated heterocycles. The quantitative estimate of drug-likeness (QED) is 0.720. The Bertz CT molecular complexity index is 296. The van der Waals surface area contributed by atoms with Crippen molar-refractivity contribution >= 4 is 5.97 Å². The van der Waals surface area contributed by atoms with Crippen molar-refractivity contribution < 1.29 is 14.3 Å². The highest BCUT2D eigenvalue weighted by Crippen LogP contribution is 2.34. The lowest BCUT2D eigenvalue weighted by atomic mass is 9.96. The van der Waals surface area contributed by atoms with Gasteiger partial charge in [0.15, 0.2) is 0 Å². The van der Waals surface area contributed by atoms with Crippen LogP contribution in [0.25, 0.3) is 0 Å². The monoisotopic (exact) mass is 269 g/mol. The number of esters is 1. The first-order valence-corrected chi connectivity index (χ1v) is 7.65. The maximum atomic E-state index is 11.6. The minimum Gasteiger partial charge on any atom is -0.459 e. The first-order chi connectivity index (χ1) is 9.08. The third-order valence-corrected chi connectivity index (χ3v) is 4.22. The lowest BCUT2D eigenvalue weighted by Gasteiger charge is -2.29. The third-order valence-electron chi connectivity index (χ3n) is 4.22. The molecule has 2 saturated carbocycles. The van der Waals surface area contributed by atoms with Crippen LogP contribution in [0.1, 0.15) is 52.4 Å². The summed E-state index contributed by atoms with van der Waals surface area (Å²) < 4.78 is 11.5. The number of hydrogen-bond donors (Lipinski definition) is 1. The Morgan fingerprint density at radius 1 is 1.21 bits per heavy atom. The Morgan fingerprint density at radius 3 is 2.37 bits per heavy atom. The van der Waals surface area contributed by atoms with E-state index in [4.69, 9.17) is 15.2 Å². The molecule has 4 heteroatoms. The van der Waals surface area contributed by atoms with Crippen LogP contribution in [0.5, 0.6) is 0 Å². The Labute approximate surface area is 116 Å². The standard InChI is InChI=1S/C15H27NO3/c1-10(16)15(17)19-11(2)14(13-5-3-4-6-13)18-9-12-7-8-12/h10-14H,3-9,16H2,1-2H3/t10?,11-,14-/m0/s1. The van der Waals surface area contributed by atoms with Crippen LogP contribution in [0, 0.1) is 11.8 Å². The van der Waals surface area contributed by atoms with E-state index in [1.807, 2.05) is 6.92 Å². The first-order valence-electron chi connectivity index (χ1n) is 7.65. The van der Waals surface area contributed by atoms with Gasteiger partial charge in [0, 0.05) is 6.61 Å². The van der Waals surface area contributed by atoms with Crippen LogP contribution in [0.4, 0.5) is 0 Å². The molecule has 0 aromatic carbocycles. The van der Waals surface area contributed by atoms with Crippen molar-refractivity contribution in [3.8, 4) is 0 Å². The maximum absolute atomic E-state index is 11.6. The largest absolute Gasteiger partial charge is 0.459 e. The topological polar surface area (TPSA) is 61.6 Å². The van der Waals surface area contributed by atoms with E-state index < -0.39 is 6.04 Å². The lowest BCUT2D eigenvalue weighted by molar-refractivity contribution is -0.160. The van der Waals surface area contributed by atoms with Crippen LogP contribution in [0.15, 0.2) is 0 Å². The van der Waals surface area contributed by atoms with Crippen molar-refractivity contribution in [3.63, 3.8) is 0 Å². The van der Waals surface area contributed by atoms with Gasteiger partial charge in [-0.3, -0.25) is 4.79 Å². The second-order valence-corrected chi connectivity index (χ2v) is 6.22. The first kappa shape index (κ1) is 14.8. The van der Waals surface area contributed by atoms with E-state index in [1.54, 1.807) is 6.92 Å². The van der Waals surface area contributed by atoms with Gasteiger partial charge in [0.05, 0.1) is 6.10 Å². The summed E-state index contributed by atoms with van der Waals surface area (Å²) in [5, 5.41) is 0. The van der Waals surface area contributed by atoms with Crippen LogP contribution < -0.4 is 5.73 Å². The van der Waals surface area contributed by atoms with Gasteiger partial charge < -0.3 is 15.2 Å². The summed E-state index contributed by atoms with van der Waals surface area (Å²) in [6.07, 6.45) is 7.33. The van der Waals surface area contributed by atoms with Crippen molar-refractivity contribution in [2.75, 3.05) is 6.61 Å². The highest BCUT2D eigenvalue weighted by Gasteiger charge is 2.34. The fraction of sp³-hybridized carbons (Fsp3) is 0.933. The Hall–Kier alpha value is -0.610. The summed E-state index contributed by atoms with van der Waals surface area (Å²) in [5.74, 6) is 0.945. The molecule has 0 amide bonds. The van der Waals surface area contributed by atoms with Crippen LogP contribution in [0.3, 0.4) is 0 Å². The van der Waals surface area contributed by atoms with Gasteiger partial charge in [0.1, 0.15) is 12.1 Å². The van der Waals surface area contributed by atoms with Crippen molar-refractivity contribution in [1.82, 2.24) is 0 Å². The van der Waals surface area contributed by atoms with Crippen molar-refractivity contribution in [2.24, 2.45) is 17.6 Å². The molecule has 110 valence electrons. The highest BCUT2D eigenvalue weighted by atomic mass is 16.6. The van der Waals surface area contributed by atoms with Gasteiger partial charge >= 0.3 is 5.97 Å². The summed E-state index contributed by atoms with van der Waals surface area (Å²) in [6, 6.07) is -0.560. The van der Waals surface area contributed by atoms with Gasteiger partial charge in [-0.2, -0.15) is 0 Å². The number of nitrogens with two attached hydrogens (primary N) is 1. The zero-order valence-electron chi connectivity index (χ0n) is 12.1. The molecule has 2 rings (SSSR count). The summed E-state index contributed by atoms with van der Waals surface area (Å²) in [6.45, 7) is 4.42. The zero-order valence-corrected chi connectivity index (χ0v) is 12.1. The van der Waals surface area contributed by atoms with Crippen LogP contribution in [-0.2, 0) is 14.3 Å². The van der Waals surface area contributed by atoms with E-state index in [1.165, 1.54) is 38.5 Å². The van der Waals surface area contributed by atoms with Crippen molar-refractivity contribution in [3.05, 3.63) is 0 Å². The van der Waals surface area contributed by atoms with Crippen LogP contribution in [-0.4, -0.2) is 30.8 Å². The van der Waals surface area contributed by atoms with Gasteiger partial charge in [0.25, 0.3) is 0 Å². The Balaban J connectivity index is 1.87. The normalized spacial score (nSPS) is 25.0. The van der Waals surface area contributed by atoms with Gasteiger partial charge in [-0.05, 0) is 51.4 Å². The highest BCUT2D eigenvalue weighted by molar-refractivity contribution is 5.75. The number of hydrogen-bond acceptors (Lipinski definition) is 4. The maximum Gasteiger partial charge on any atom is 0.322 e. The average molecular weight is 269 g/mol. The zero-order chi connectivity index (χ0) is 13.8. The molecule has 0 aliphatic heterocycles. The molecule has 1 unspecified atom stereocenters. The molecule has 0 aromatic heterocycles. The smallest absolute Gasteiger partial charge is 0.322 e. The Kier molecular flexibility index (Phi) is 5.22. The third kappa shape index (κ3) is 4.46. The molecule has 2 N–H and O–H groups in total. The summed E-state index contributed by atoms with van der Waals surface area (Å²) in [5.41, 5.74) is 5.55.